The molecule has 4 heterocycles. The van der Waals surface area contributed by atoms with Crippen LogP contribution in [0.3, 0.4) is 0 Å². The van der Waals surface area contributed by atoms with Crippen molar-refractivity contribution in [1.29, 1.82) is 0 Å². The Morgan fingerprint density at radius 2 is 2.12 bits per heavy atom. The third kappa shape index (κ3) is 4.45. The van der Waals surface area contributed by atoms with Gasteiger partial charge in [-0.05, 0) is 38.7 Å². The van der Waals surface area contributed by atoms with Gasteiger partial charge in [-0.25, -0.2) is 14.8 Å². The molecule has 168 valence electrons. The van der Waals surface area contributed by atoms with Gasteiger partial charge in [-0.1, -0.05) is 0 Å². The lowest BCUT2D eigenvalue weighted by molar-refractivity contribution is 0.0415. The van der Waals surface area contributed by atoms with Crippen molar-refractivity contribution < 1.29 is 23.5 Å². The predicted octanol–water partition coefficient (Wildman–Crippen LogP) is 3.89. The van der Waals surface area contributed by atoms with Gasteiger partial charge in [0.15, 0.2) is 18.0 Å². The van der Waals surface area contributed by atoms with Crippen molar-refractivity contribution in [2.24, 2.45) is 0 Å². The molecule has 32 heavy (non-hydrogen) atoms. The normalized spacial score (nSPS) is 16.7. The maximum atomic E-state index is 12.2. The van der Waals surface area contributed by atoms with Gasteiger partial charge in [0, 0.05) is 31.4 Å². The lowest BCUT2D eigenvalue weighted by Crippen LogP contribution is -2.27. The first-order valence-corrected chi connectivity index (χ1v) is 10.9. The van der Waals surface area contributed by atoms with Crippen LogP contribution in [0.5, 0.6) is 11.5 Å². The lowest BCUT2D eigenvalue weighted by atomic mass is 9.96. The molecule has 3 aromatic heterocycles. The molecule has 0 aromatic carbocycles. The summed E-state index contributed by atoms with van der Waals surface area (Å²) in [6, 6.07) is 3.97. The summed E-state index contributed by atoms with van der Waals surface area (Å²) in [7, 11) is 0. The number of pyridine rings is 1. The molecule has 1 saturated carbocycles. The van der Waals surface area contributed by atoms with E-state index in [9.17, 15) is 4.79 Å². The average Bonchev–Trinajstić information content (AvgIpc) is 3.36. The molecule has 0 radical (unpaired) electrons. The largest absolute Gasteiger partial charge is 0.454 e. The van der Waals surface area contributed by atoms with Crippen molar-refractivity contribution >= 4 is 11.8 Å². The zero-order valence-electron chi connectivity index (χ0n) is 17.8. The highest BCUT2D eigenvalue weighted by atomic mass is 16.7. The third-order valence-corrected chi connectivity index (χ3v) is 5.57. The van der Waals surface area contributed by atoms with Crippen LogP contribution in [0.2, 0.25) is 0 Å². The number of ether oxygens (including phenoxy) is 2. The molecule has 0 atom stereocenters. The first-order chi connectivity index (χ1) is 15.7. The Hall–Kier alpha value is -3.40. The van der Waals surface area contributed by atoms with Gasteiger partial charge in [0.2, 0.25) is 5.76 Å². The molecular weight excluding hydrogens is 414 g/mol. The van der Waals surface area contributed by atoms with Gasteiger partial charge in [0.05, 0.1) is 25.0 Å². The number of anilines is 1. The zero-order chi connectivity index (χ0) is 21.9. The molecule has 1 saturated heterocycles. The number of carbonyl (C=O) groups is 1. The van der Waals surface area contributed by atoms with Crippen LogP contribution in [0.4, 0.5) is 5.82 Å². The van der Waals surface area contributed by atoms with Gasteiger partial charge in [0.1, 0.15) is 11.4 Å². The highest BCUT2D eigenvalue weighted by Crippen LogP contribution is 2.40. The minimum atomic E-state index is -0.648. The summed E-state index contributed by atoms with van der Waals surface area (Å²) >= 11 is 0. The third-order valence-electron chi connectivity index (χ3n) is 5.57. The Balaban J connectivity index is 1.36. The fourth-order valence-corrected chi connectivity index (χ4v) is 3.71. The Kier molecular flexibility index (Phi) is 5.76. The Bertz CT molecular complexity index is 1060. The standard InChI is InChI=1S/C22H25N5O5/c1-2-27(32-22(28)18-12-23-14-30-18)20-11-17(5-8-24-20)31-19-13-26(16-3-4-16)25-21(19)15-6-9-29-10-7-15/h5,8,11-16H,2-4,6-7,9-10H2,1H3. The molecule has 3 aromatic rings. The summed E-state index contributed by atoms with van der Waals surface area (Å²) in [5, 5.41) is 6.24. The molecule has 1 aliphatic heterocycles. The van der Waals surface area contributed by atoms with Crippen LogP contribution in [-0.4, -0.2) is 45.5 Å². The molecular formula is C22H25N5O5. The summed E-state index contributed by atoms with van der Waals surface area (Å²) in [6.07, 6.45) is 10.3. The summed E-state index contributed by atoms with van der Waals surface area (Å²) in [4.78, 5) is 25.7. The second-order valence-electron chi connectivity index (χ2n) is 7.87. The summed E-state index contributed by atoms with van der Waals surface area (Å²) in [5.74, 6) is 1.47. The second-order valence-corrected chi connectivity index (χ2v) is 7.87. The molecule has 5 rings (SSSR count). The molecule has 0 N–H and O–H groups in total. The molecule has 10 heteroatoms. The lowest BCUT2D eigenvalue weighted by Gasteiger charge is -2.22. The van der Waals surface area contributed by atoms with Crippen molar-refractivity contribution in [3.63, 3.8) is 0 Å². The maximum Gasteiger partial charge on any atom is 0.400 e. The Morgan fingerprint density at radius 3 is 2.84 bits per heavy atom. The first kappa shape index (κ1) is 20.5. The molecule has 10 nitrogen and oxygen atoms in total. The summed E-state index contributed by atoms with van der Waals surface area (Å²) < 4.78 is 18.8. The van der Waals surface area contributed by atoms with Crippen LogP contribution in [0.15, 0.2) is 41.5 Å². The van der Waals surface area contributed by atoms with Gasteiger partial charge < -0.3 is 18.7 Å². The van der Waals surface area contributed by atoms with Crippen LogP contribution in [0.1, 0.15) is 60.8 Å². The Labute approximate surface area is 185 Å². The summed E-state index contributed by atoms with van der Waals surface area (Å²) in [5.41, 5.74) is 0.975. The first-order valence-electron chi connectivity index (χ1n) is 10.9. The number of aromatic nitrogens is 4. The SMILES string of the molecule is CCN(OC(=O)c1cnco1)c1cc(Oc2cn(C3CC3)nc2C2CCOCC2)ccn1. The minimum Gasteiger partial charge on any atom is -0.454 e. The number of hydrogen-bond acceptors (Lipinski definition) is 9. The van der Waals surface area contributed by atoms with Crippen LogP contribution >= 0.6 is 0 Å². The van der Waals surface area contributed by atoms with Crippen LogP contribution in [0, 0.1) is 0 Å². The van der Waals surface area contributed by atoms with Gasteiger partial charge in [0.25, 0.3) is 0 Å². The molecule has 2 aliphatic rings. The molecule has 1 aliphatic carbocycles. The second kappa shape index (κ2) is 8.99. The highest BCUT2D eigenvalue weighted by Gasteiger charge is 2.30. The maximum absolute atomic E-state index is 12.2. The van der Waals surface area contributed by atoms with Crippen LogP contribution in [-0.2, 0) is 9.57 Å². The van der Waals surface area contributed by atoms with Crippen molar-refractivity contribution in [1.82, 2.24) is 19.7 Å². The van der Waals surface area contributed by atoms with Gasteiger partial charge >= 0.3 is 5.97 Å². The zero-order valence-corrected chi connectivity index (χ0v) is 17.8. The molecule has 0 amide bonds. The van der Waals surface area contributed by atoms with Crippen molar-refractivity contribution in [2.45, 2.75) is 44.6 Å². The molecule has 0 unspecified atom stereocenters. The number of rotatable bonds is 8. The van der Waals surface area contributed by atoms with Crippen molar-refractivity contribution in [2.75, 3.05) is 24.8 Å². The highest BCUT2D eigenvalue weighted by molar-refractivity contribution is 5.86. The fourth-order valence-electron chi connectivity index (χ4n) is 3.71. The van der Waals surface area contributed by atoms with E-state index in [1.165, 1.54) is 17.7 Å². The van der Waals surface area contributed by atoms with E-state index in [0.29, 0.717) is 30.1 Å². The Morgan fingerprint density at radius 1 is 1.28 bits per heavy atom. The number of oxazole rings is 1. The van der Waals surface area contributed by atoms with Crippen LogP contribution < -0.4 is 9.80 Å². The number of carbonyl (C=O) groups excluding carboxylic acids is 1. The van der Waals surface area contributed by atoms with E-state index in [-0.39, 0.29) is 5.76 Å². The van der Waals surface area contributed by atoms with E-state index in [1.54, 1.807) is 18.3 Å². The van der Waals surface area contributed by atoms with E-state index < -0.39 is 5.97 Å². The smallest absolute Gasteiger partial charge is 0.400 e. The van der Waals surface area contributed by atoms with Crippen LogP contribution in [0.25, 0.3) is 0 Å². The van der Waals surface area contributed by atoms with Crippen molar-refractivity contribution in [3.8, 4) is 11.5 Å². The van der Waals surface area contributed by atoms with E-state index in [1.807, 2.05) is 17.8 Å². The number of nitrogens with zero attached hydrogens (tertiary/aromatic N) is 5. The van der Waals surface area contributed by atoms with E-state index in [4.69, 9.17) is 23.8 Å². The van der Waals surface area contributed by atoms with Gasteiger partial charge in [-0.3, -0.25) is 4.68 Å². The van der Waals surface area contributed by atoms with E-state index in [2.05, 4.69) is 9.97 Å². The number of hydroxylamine groups is 1. The molecule has 0 bridgehead atoms. The quantitative estimate of drug-likeness (QED) is 0.483. The van der Waals surface area contributed by atoms with E-state index in [0.717, 1.165) is 50.3 Å². The van der Waals surface area contributed by atoms with Crippen molar-refractivity contribution in [3.05, 3.63) is 48.6 Å². The number of hydrogen-bond donors (Lipinski definition) is 0. The predicted molar refractivity (Wildman–Crippen MR) is 113 cm³/mol. The topological polar surface area (TPSA) is 105 Å². The average molecular weight is 439 g/mol. The minimum absolute atomic E-state index is 0.0180. The van der Waals surface area contributed by atoms with E-state index >= 15 is 0 Å². The molecule has 0 spiro atoms. The van der Waals surface area contributed by atoms with Gasteiger partial charge in [-0.2, -0.15) is 10.2 Å². The monoisotopic (exact) mass is 439 g/mol. The summed E-state index contributed by atoms with van der Waals surface area (Å²) in [6.45, 7) is 3.72. The van der Waals surface area contributed by atoms with Gasteiger partial charge in [-0.15, -0.1) is 0 Å². The fraction of sp³-hybridized carbons (Fsp3) is 0.455. The molecule has 2 fully saturated rings.